The fraction of sp³-hybridized carbons (Fsp3) is 0.208. The Hall–Kier alpha value is -2.79. The van der Waals surface area contributed by atoms with E-state index < -0.39 is 0 Å². The number of carbonyl (C=O) groups excluding carboxylic acids is 1. The van der Waals surface area contributed by atoms with Crippen LogP contribution >= 0.6 is 15.9 Å². The van der Waals surface area contributed by atoms with Gasteiger partial charge < -0.3 is 14.8 Å². The summed E-state index contributed by atoms with van der Waals surface area (Å²) in [5.74, 6) is 2.38. The molecule has 0 aliphatic heterocycles. The van der Waals surface area contributed by atoms with E-state index >= 15 is 0 Å². The highest BCUT2D eigenvalue weighted by Gasteiger charge is 2.10. The van der Waals surface area contributed by atoms with Crippen molar-refractivity contribution in [2.45, 2.75) is 26.2 Å². The molecule has 3 aromatic carbocycles. The van der Waals surface area contributed by atoms with E-state index in [2.05, 4.69) is 35.1 Å². The second-order valence-electron chi connectivity index (χ2n) is 6.78. The maximum absolute atomic E-state index is 12.2. The van der Waals surface area contributed by atoms with Gasteiger partial charge in [-0.1, -0.05) is 38.1 Å². The Morgan fingerprint density at radius 1 is 1.00 bits per heavy atom. The number of halogens is 1. The van der Waals surface area contributed by atoms with Crippen LogP contribution in [0.15, 0.2) is 77.3 Å². The third-order valence-electron chi connectivity index (χ3n) is 4.61. The quantitative estimate of drug-likeness (QED) is 0.409. The van der Waals surface area contributed by atoms with Gasteiger partial charge in [-0.15, -0.1) is 0 Å². The van der Waals surface area contributed by atoms with Gasteiger partial charge in [0.1, 0.15) is 17.2 Å². The average molecular weight is 454 g/mol. The molecular weight excluding hydrogens is 430 g/mol. The summed E-state index contributed by atoms with van der Waals surface area (Å²) < 4.78 is 12.3. The van der Waals surface area contributed by atoms with Gasteiger partial charge >= 0.3 is 0 Å². The Morgan fingerprint density at radius 2 is 1.69 bits per heavy atom. The van der Waals surface area contributed by atoms with Crippen molar-refractivity contribution >= 4 is 27.5 Å². The Kier molecular flexibility index (Phi) is 7.30. The van der Waals surface area contributed by atoms with Gasteiger partial charge in [0.05, 0.1) is 4.47 Å². The number of carbonyl (C=O) groups is 1. The number of benzene rings is 3. The van der Waals surface area contributed by atoms with Gasteiger partial charge in [0.15, 0.2) is 6.61 Å². The van der Waals surface area contributed by atoms with Gasteiger partial charge in [0.25, 0.3) is 5.91 Å². The molecule has 29 heavy (non-hydrogen) atoms. The summed E-state index contributed by atoms with van der Waals surface area (Å²) in [4.78, 5) is 12.2. The van der Waals surface area contributed by atoms with Crippen molar-refractivity contribution in [3.05, 3.63) is 82.8 Å². The third kappa shape index (κ3) is 6.09. The molecule has 0 aromatic heterocycles. The smallest absolute Gasteiger partial charge is 0.262 e. The van der Waals surface area contributed by atoms with Crippen LogP contribution in [0.5, 0.6) is 17.2 Å². The van der Waals surface area contributed by atoms with Crippen LogP contribution in [-0.4, -0.2) is 12.5 Å². The second-order valence-corrected chi connectivity index (χ2v) is 7.63. The van der Waals surface area contributed by atoms with Crippen molar-refractivity contribution in [1.29, 1.82) is 0 Å². The van der Waals surface area contributed by atoms with Gasteiger partial charge in [-0.3, -0.25) is 4.79 Å². The highest BCUT2D eigenvalue weighted by atomic mass is 79.9. The van der Waals surface area contributed by atoms with E-state index in [1.54, 1.807) is 12.1 Å². The molecule has 1 amide bonds. The molecule has 0 saturated heterocycles. The fourth-order valence-corrected chi connectivity index (χ4v) is 3.26. The normalized spacial score (nSPS) is 11.6. The van der Waals surface area contributed by atoms with Crippen molar-refractivity contribution in [3.8, 4) is 17.2 Å². The molecule has 0 saturated carbocycles. The summed E-state index contributed by atoms with van der Waals surface area (Å²) >= 11 is 3.53. The topological polar surface area (TPSA) is 47.6 Å². The first-order valence-electron chi connectivity index (χ1n) is 9.60. The number of amides is 1. The Balaban J connectivity index is 1.52. The summed E-state index contributed by atoms with van der Waals surface area (Å²) in [5.41, 5.74) is 1.93. The molecule has 0 bridgehead atoms. The van der Waals surface area contributed by atoms with Crippen LogP contribution in [0.1, 0.15) is 31.7 Å². The van der Waals surface area contributed by atoms with Crippen LogP contribution in [0.2, 0.25) is 0 Å². The summed E-state index contributed by atoms with van der Waals surface area (Å²) in [7, 11) is 0. The van der Waals surface area contributed by atoms with Crippen molar-refractivity contribution < 1.29 is 14.3 Å². The minimum absolute atomic E-state index is 0.0659. The Bertz CT molecular complexity index is 942. The van der Waals surface area contributed by atoms with Crippen LogP contribution in [0.25, 0.3) is 0 Å². The van der Waals surface area contributed by atoms with E-state index in [9.17, 15) is 4.79 Å². The molecule has 0 spiro atoms. The zero-order valence-electron chi connectivity index (χ0n) is 16.5. The summed E-state index contributed by atoms with van der Waals surface area (Å²) in [5, 5.41) is 2.83. The van der Waals surface area contributed by atoms with E-state index in [0.717, 1.165) is 16.6 Å². The van der Waals surface area contributed by atoms with Gasteiger partial charge in [0.2, 0.25) is 0 Å². The predicted molar refractivity (Wildman–Crippen MR) is 120 cm³/mol. The highest BCUT2D eigenvalue weighted by molar-refractivity contribution is 9.10. The molecule has 4 nitrogen and oxygen atoms in total. The van der Waals surface area contributed by atoms with E-state index in [-0.39, 0.29) is 12.5 Å². The lowest BCUT2D eigenvalue weighted by atomic mass is 9.99. The molecule has 3 aromatic rings. The monoisotopic (exact) mass is 453 g/mol. The lowest BCUT2D eigenvalue weighted by molar-refractivity contribution is -0.118. The molecule has 0 radical (unpaired) electrons. The van der Waals surface area contributed by atoms with E-state index in [1.807, 2.05) is 60.7 Å². The molecule has 0 aliphatic carbocycles. The maximum Gasteiger partial charge on any atom is 0.262 e. The molecular formula is C24H24BrNO3. The number of nitrogens with one attached hydrogen (secondary N) is 1. The Labute approximate surface area is 180 Å². The minimum Gasteiger partial charge on any atom is -0.483 e. The molecule has 3 rings (SSSR count). The maximum atomic E-state index is 12.2. The van der Waals surface area contributed by atoms with Crippen LogP contribution in [0.3, 0.4) is 0 Å². The van der Waals surface area contributed by atoms with E-state index in [1.165, 1.54) is 5.56 Å². The van der Waals surface area contributed by atoms with Crippen molar-refractivity contribution in [3.63, 3.8) is 0 Å². The summed E-state index contributed by atoms with van der Waals surface area (Å²) in [6.07, 6.45) is 1.07. The van der Waals surface area contributed by atoms with Crippen molar-refractivity contribution in [2.75, 3.05) is 11.9 Å². The molecule has 1 atom stereocenters. The minimum atomic E-state index is -0.223. The predicted octanol–water partition coefficient (Wildman–Crippen LogP) is 6.77. The van der Waals surface area contributed by atoms with Gasteiger partial charge in [-0.25, -0.2) is 0 Å². The second kappa shape index (κ2) is 10.1. The molecule has 1 unspecified atom stereocenters. The van der Waals surface area contributed by atoms with Gasteiger partial charge in [0, 0.05) is 5.69 Å². The standard InChI is InChI=1S/C24H24BrNO3/c1-3-17(2)18-9-14-23(22(25)15-18)28-16-24(27)26-19-10-12-21(13-11-19)29-20-7-5-4-6-8-20/h4-15,17H,3,16H2,1-2H3,(H,26,27). The molecule has 0 fully saturated rings. The average Bonchev–Trinajstić information content (AvgIpc) is 2.74. The lowest BCUT2D eigenvalue weighted by Gasteiger charge is -2.13. The molecule has 1 N–H and O–H groups in total. The zero-order chi connectivity index (χ0) is 20.6. The number of ether oxygens (including phenoxy) is 2. The van der Waals surface area contributed by atoms with Crippen LogP contribution in [-0.2, 0) is 4.79 Å². The van der Waals surface area contributed by atoms with Crippen molar-refractivity contribution in [2.24, 2.45) is 0 Å². The van der Waals surface area contributed by atoms with Gasteiger partial charge in [-0.05, 0) is 82.4 Å². The van der Waals surface area contributed by atoms with Gasteiger partial charge in [-0.2, -0.15) is 0 Å². The van der Waals surface area contributed by atoms with Crippen molar-refractivity contribution in [1.82, 2.24) is 0 Å². The lowest BCUT2D eigenvalue weighted by Crippen LogP contribution is -2.20. The Morgan fingerprint density at radius 3 is 2.34 bits per heavy atom. The first-order chi connectivity index (χ1) is 14.0. The van der Waals surface area contributed by atoms with E-state index in [0.29, 0.717) is 23.1 Å². The number of anilines is 1. The highest BCUT2D eigenvalue weighted by Crippen LogP contribution is 2.30. The largest absolute Gasteiger partial charge is 0.483 e. The van der Waals surface area contributed by atoms with E-state index in [4.69, 9.17) is 9.47 Å². The number of hydrogen-bond acceptors (Lipinski definition) is 3. The molecule has 0 aliphatic rings. The number of para-hydroxylation sites is 1. The molecule has 150 valence electrons. The first kappa shape index (κ1) is 20.9. The number of hydrogen-bond donors (Lipinski definition) is 1. The third-order valence-corrected chi connectivity index (χ3v) is 5.23. The summed E-state index contributed by atoms with van der Waals surface area (Å²) in [6.45, 7) is 4.28. The first-order valence-corrected chi connectivity index (χ1v) is 10.4. The molecule has 0 heterocycles. The zero-order valence-corrected chi connectivity index (χ0v) is 18.1. The fourth-order valence-electron chi connectivity index (χ4n) is 2.75. The number of rotatable bonds is 8. The van der Waals surface area contributed by atoms with Crippen LogP contribution in [0.4, 0.5) is 5.69 Å². The summed E-state index contributed by atoms with van der Waals surface area (Å²) in [6, 6.07) is 22.8. The van der Waals surface area contributed by atoms with Crippen LogP contribution in [0, 0.1) is 0 Å². The SMILES string of the molecule is CCC(C)c1ccc(OCC(=O)Nc2ccc(Oc3ccccc3)cc2)c(Br)c1. The van der Waals surface area contributed by atoms with Crippen LogP contribution < -0.4 is 14.8 Å². The molecule has 5 heteroatoms.